The second-order valence-corrected chi connectivity index (χ2v) is 10.1. The number of ketones is 2. The summed E-state index contributed by atoms with van der Waals surface area (Å²) in [6.45, 7) is 2.22. The second-order valence-electron chi connectivity index (χ2n) is 10.1. The van der Waals surface area contributed by atoms with Crippen molar-refractivity contribution >= 4 is 17.3 Å². The average molecular weight is 518 g/mol. The molecule has 1 aliphatic heterocycles. The van der Waals surface area contributed by atoms with Crippen LogP contribution in [-0.2, 0) is 9.59 Å². The first-order valence-corrected chi connectivity index (χ1v) is 13.8. The van der Waals surface area contributed by atoms with Crippen LogP contribution >= 0.6 is 0 Å². The number of benzene rings is 2. The van der Waals surface area contributed by atoms with E-state index in [2.05, 4.69) is 12.2 Å². The second kappa shape index (κ2) is 12.8. The van der Waals surface area contributed by atoms with Crippen LogP contribution in [0, 0.1) is 0 Å². The van der Waals surface area contributed by atoms with Gasteiger partial charge in [-0.3, -0.25) is 9.59 Å². The number of aliphatic hydroxyl groups excluding tert-OH is 1. The molecule has 6 heteroatoms. The van der Waals surface area contributed by atoms with Gasteiger partial charge in [-0.05, 0) is 42.2 Å². The predicted molar refractivity (Wildman–Crippen MR) is 150 cm³/mol. The number of methoxy groups -OCH3 is 2. The summed E-state index contributed by atoms with van der Waals surface area (Å²) in [4.78, 5) is 26.9. The summed E-state index contributed by atoms with van der Waals surface area (Å²) in [5, 5.41) is 14.5. The number of carbonyl (C=O) groups excluding carboxylic acids is 2. The van der Waals surface area contributed by atoms with Crippen LogP contribution in [-0.4, -0.2) is 30.9 Å². The molecular formula is C32H39NO5. The van der Waals surface area contributed by atoms with Crippen molar-refractivity contribution in [3.8, 4) is 11.5 Å². The molecule has 0 fully saturated rings. The Kier molecular flexibility index (Phi) is 9.27. The normalized spacial score (nSPS) is 16.8. The smallest absolute Gasteiger partial charge is 0.233 e. The third-order valence-corrected chi connectivity index (χ3v) is 7.61. The number of Topliss-reactive ketones (excluding diaryl/α,β-unsaturated/α-hetero) is 2. The number of para-hydroxylation sites is 1. The lowest BCUT2D eigenvalue weighted by Crippen LogP contribution is -2.34. The molecule has 0 amide bonds. The zero-order chi connectivity index (χ0) is 27.1. The van der Waals surface area contributed by atoms with E-state index in [1.165, 1.54) is 38.5 Å². The van der Waals surface area contributed by atoms with E-state index in [0.29, 0.717) is 23.6 Å². The molecule has 0 saturated heterocycles. The largest absolute Gasteiger partial charge is 0.505 e. The van der Waals surface area contributed by atoms with Crippen molar-refractivity contribution in [1.82, 2.24) is 0 Å². The van der Waals surface area contributed by atoms with E-state index < -0.39 is 17.5 Å². The quantitative estimate of drug-likeness (QED) is 0.164. The van der Waals surface area contributed by atoms with Gasteiger partial charge < -0.3 is 19.9 Å². The van der Waals surface area contributed by atoms with Crippen molar-refractivity contribution in [2.75, 3.05) is 19.5 Å². The van der Waals surface area contributed by atoms with Crippen molar-refractivity contribution in [2.45, 2.75) is 77.0 Å². The zero-order valence-electron chi connectivity index (χ0n) is 22.8. The number of hydrogen-bond acceptors (Lipinski definition) is 6. The van der Waals surface area contributed by atoms with Gasteiger partial charge in [-0.2, -0.15) is 0 Å². The van der Waals surface area contributed by atoms with Gasteiger partial charge in [-0.25, -0.2) is 0 Å². The maximum Gasteiger partial charge on any atom is 0.233 e. The Balaban J connectivity index is 1.59. The number of rotatable bonds is 13. The number of carbonyl (C=O) groups is 2. The van der Waals surface area contributed by atoms with Gasteiger partial charge in [-0.1, -0.05) is 82.6 Å². The Morgan fingerprint density at radius 1 is 0.816 bits per heavy atom. The summed E-state index contributed by atoms with van der Waals surface area (Å²) in [5.74, 6) is -0.703. The molecule has 0 bridgehead atoms. The summed E-state index contributed by atoms with van der Waals surface area (Å²) in [6, 6.07) is 13.1. The third-order valence-electron chi connectivity index (χ3n) is 7.61. The van der Waals surface area contributed by atoms with Gasteiger partial charge in [0, 0.05) is 22.8 Å². The Hall–Kier alpha value is -3.54. The number of ether oxygens (including phenoxy) is 2. The molecule has 6 nitrogen and oxygen atoms in total. The molecule has 4 rings (SSSR count). The molecule has 0 radical (unpaired) electrons. The lowest BCUT2D eigenvalue weighted by Gasteiger charge is -2.34. The van der Waals surface area contributed by atoms with E-state index in [1.807, 2.05) is 36.4 Å². The SMILES string of the molecule is CCCCCCCCCCCC1=C(O)C2=C(C(=O)C1=O)C(c1ccc(OC)c(OC)c1)c1ccccc1N2. The zero-order valence-corrected chi connectivity index (χ0v) is 22.8. The summed E-state index contributed by atoms with van der Waals surface area (Å²) in [6.07, 6.45) is 10.8. The first-order valence-electron chi connectivity index (χ1n) is 13.8. The van der Waals surface area contributed by atoms with E-state index in [4.69, 9.17) is 9.47 Å². The fourth-order valence-electron chi connectivity index (χ4n) is 5.54. The van der Waals surface area contributed by atoms with Crippen LogP contribution < -0.4 is 14.8 Å². The van der Waals surface area contributed by atoms with Gasteiger partial charge in [0.1, 0.15) is 5.76 Å². The summed E-state index contributed by atoms with van der Waals surface area (Å²) in [5.41, 5.74) is 3.25. The van der Waals surface area contributed by atoms with E-state index in [9.17, 15) is 14.7 Å². The molecular weight excluding hydrogens is 478 g/mol. The van der Waals surface area contributed by atoms with E-state index >= 15 is 0 Å². The number of nitrogens with one attached hydrogen (secondary N) is 1. The number of hydrogen-bond donors (Lipinski definition) is 2. The Morgan fingerprint density at radius 3 is 2.16 bits per heavy atom. The molecule has 2 aromatic rings. The topological polar surface area (TPSA) is 84.9 Å². The highest BCUT2D eigenvalue weighted by Gasteiger charge is 2.42. The third kappa shape index (κ3) is 5.64. The van der Waals surface area contributed by atoms with Gasteiger partial charge in [-0.15, -0.1) is 0 Å². The van der Waals surface area contributed by atoms with Crippen LogP contribution in [0.3, 0.4) is 0 Å². The van der Waals surface area contributed by atoms with Gasteiger partial charge in [0.05, 0.1) is 19.9 Å². The van der Waals surface area contributed by atoms with E-state index in [-0.39, 0.29) is 16.9 Å². The number of anilines is 1. The van der Waals surface area contributed by atoms with Crippen molar-refractivity contribution in [3.63, 3.8) is 0 Å². The number of fused-ring (bicyclic) bond motifs is 1. The lowest BCUT2D eigenvalue weighted by atomic mass is 9.74. The molecule has 0 spiro atoms. The maximum atomic E-state index is 13.6. The monoisotopic (exact) mass is 517 g/mol. The first-order chi connectivity index (χ1) is 18.5. The minimum absolute atomic E-state index is 0.107. The van der Waals surface area contributed by atoms with Gasteiger partial charge in [0.2, 0.25) is 11.6 Å². The van der Waals surface area contributed by atoms with Crippen molar-refractivity contribution in [2.24, 2.45) is 0 Å². The van der Waals surface area contributed by atoms with Crippen molar-refractivity contribution in [1.29, 1.82) is 0 Å². The van der Waals surface area contributed by atoms with E-state index in [1.54, 1.807) is 20.3 Å². The highest BCUT2D eigenvalue weighted by molar-refractivity contribution is 6.50. The number of unbranched alkanes of at least 4 members (excludes halogenated alkanes) is 8. The van der Waals surface area contributed by atoms with Crippen LogP contribution in [0.1, 0.15) is 88.2 Å². The molecule has 1 atom stereocenters. The molecule has 38 heavy (non-hydrogen) atoms. The first kappa shape index (κ1) is 27.5. The molecule has 202 valence electrons. The molecule has 0 aromatic heterocycles. The Bertz CT molecular complexity index is 1240. The molecule has 1 heterocycles. The molecule has 2 aromatic carbocycles. The molecule has 2 N–H and O–H groups in total. The van der Waals surface area contributed by atoms with Crippen LogP contribution in [0.25, 0.3) is 0 Å². The molecule has 2 aliphatic rings. The average Bonchev–Trinajstić information content (AvgIpc) is 2.95. The van der Waals surface area contributed by atoms with Gasteiger partial charge in [0.15, 0.2) is 11.5 Å². The summed E-state index contributed by atoms with van der Waals surface area (Å²) < 4.78 is 10.9. The number of aliphatic hydroxyl groups is 1. The van der Waals surface area contributed by atoms with Crippen LogP contribution in [0.2, 0.25) is 0 Å². The molecule has 1 unspecified atom stereocenters. The van der Waals surface area contributed by atoms with Gasteiger partial charge in [0.25, 0.3) is 0 Å². The number of allylic oxidation sites excluding steroid dienone is 2. The fourth-order valence-corrected chi connectivity index (χ4v) is 5.54. The van der Waals surface area contributed by atoms with Gasteiger partial charge >= 0.3 is 0 Å². The summed E-state index contributed by atoms with van der Waals surface area (Å²) >= 11 is 0. The molecule has 1 aliphatic carbocycles. The highest BCUT2D eigenvalue weighted by Crippen LogP contribution is 2.47. The van der Waals surface area contributed by atoms with Crippen LogP contribution in [0.5, 0.6) is 11.5 Å². The highest BCUT2D eigenvalue weighted by atomic mass is 16.5. The fraction of sp³-hybridized carbons (Fsp3) is 0.438. The summed E-state index contributed by atoms with van der Waals surface area (Å²) in [7, 11) is 3.13. The Morgan fingerprint density at radius 2 is 1.47 bits per heavy atom. The van der Waals surface area contributed by atoms with Crippen LogP contribution in [0.4, 0.5) is 5.69 Å². The Labute approximate surface area is 225 Å². The maximum absolute atomic E-state index is 13.6. The van der Waals surface area contributed by atoms with E-state index in [0.717, 1.165) is 36.1 Å². The van der Waals surface area contributed by atoms with Crippen molar-refractivity contribution < 1.29 is 24.2 Å². The standard InChI is InChI=1S/C32H39NO5/c1-4-5-6-7-8-9-10-11-12-16-23-30(34)29-28(32(36)31(23)35)27(22-15-13-14-17-24(22)33-29)21-18-19-25(37-2)26(20-21)38-3/h13-15,17-20,27,33-34H,4-12,16H2,1-3H3. The van der Waals surface area contributed by atoms with Crippen LogP contribution in [0.15, 0.2) is 65.1 Å². The molecule has 0 saturated carbocycles. The predicted octanol–water partition coefficient (Wildman–Crippen LogP) is 7.40. The van der Waals surface area contributed by atoms with Crippen molar-refractivity contribution in [3.05, 3.63) is 76.2 Å². The minimum atomic E-state index is -0.604. The lowest BCUT2D eigenvalue weighted by molar-refractivity contribution is -0.132. The minimum Gasteiger partial charge on any atom is -0.505 e.